The molecule has 2 aromatic rings. The Hall–Kier alpha value is -2.01. The van der Waals surface area contributed by atoms with Crippen molar-refractivity contribution >= 4 is 19.2 Å². The van der Waals surface area contributed by atoms with Gasteiger partial charge in [0.1, 0.15) is 5.62 Å². The van der Waals surface area contributed by atoms with E-state index in [4.69, 9.17) is 13.6 Å². The van der Waals surface area contributed by atoms with Gasteiger partial charge < -0.3 is 15.7 Å². The molecule has 0 fully saturated rings. The van der Waals surface area contributed by atoms with Gasteiger partial charge in [0.05, 0.1) is 17.1 Å². The summed E-state index contributed by atoms with van der Waals surface area (Å²) < 4.78 is 0. The van der Waals surface area contributed by atoms with Gasteiger partial charge in [-0.15, -0.1) is 0 Å². The zero-order valence-electron chi connectivity index (χ0n) is 10.9. The Morgan fingerprint density at radius 2 is 2.05 bits per heavy atom. The molecule has 1 aliphatic rings. The normalized spacial score (nSPS) is 20.9. The first-order chi connectivity index (χ1) is 8.93. The Labute approximate surface area is 113 Å². The van der Waals surface area contributed by atoms with Crippen LogP contribution in [0.4, 0.5) is 11.4 Å². The van der Waals surface area contributed by atoms with E-state index >= 15 is 0 Å². The van der Waals surface area contributed by atoms with E-state index < -0.39 is 5.62 Å². The van der Waals surface area contributed by atoms with Crippen molar-refractivity contribution in [2.75, 3.05) is 17.7 Å². The van der Waals surface area contributed by atoms with Gasteiger partial charge in [-0.25, -0.2) is 0 Å². The van der Waals surface area contributed by atoms with Crippen molar-refractivity contribution < 1.29 is 5.11 Å². The zero-order chi connectivity index (χ0) is 13.8. The maximum Gasteiger partial charge on any atom is 0.151 e. The molecule has 94 valence electrons. The number of aliphatic hydroxyl groups is 1. The molecule has 0 spiro atoms. The number of fused-ring (bicyclic) bond motifs is 3. The van der Waals surface area contributed by atoms with Crippen molar-refractivity contribution in [3.63, 3.8) is 0 Å². The maximum absolute atomic E-state index is 10.6. The Morgan fingerprint density at radius 1 is 1.32 bits per heavy atom. The summed E-state index contributed by atoms with van der Waals surface area (Å²) in [6.07, 6.45) is 0. The van der Waals surface area contributed by atoms with Crippen LogP contribution in [0.2, 0.25) is 0 Å². The van der Waals surface area contributed by atoms with Crippen molar-refractivity contribution in [2.24, 2.45) is 0 Å². The quantitative estimate of drug-likeness (QED) is 0.548. The van der Waals surface area contributed by atoms with E-state index in [1.54, 1.807) is 24.1 Å². The average Bonchev–Trinajstić information content (AvgIpc) is 2.36. The molecule has 2 radical (unpaired) electrons. The number of nitrogen functional groups attached to an aromatic ring is 1. The lowest BCUT2D eigenvalue weighted by atomic mass is 9.77. The highest BCUT2D eigenvalue weighted by molar-refractivity contribution is 6.18. The molecule has 19 heavy (non-hydrogen) atoms. The van der Waals surface area contributed by atoms with Gasteiger partial charge in [-0.05, 0) is 19.1 Å². The van der Waals surface area contributed by atoms with Crippen LogP contribution in [0.15, 0.2) is 30.3 Å². The Kier molecular flexibility index (Phi) is 2.37. The molecule has 0 aliphatic carbocycles. The van der Waals surface area contributed by atoms with Crippen LogP contribution < -0.4 is 10.6 Å². The molecule has 1 unspecified atom stereocenters. The van der Waals surface area contributed by atoms with Crippen LogP contribution in [-0.2, 0) is 5.62 Å². The van der Waals surface area contributed by atoms with Crippen LogP contribution in [0.3, 0.4) is 0 Å². The van der Waals surface area contributed by atoms with E-state index in [1.165, 1.54) is 0 Å². The molecular formula is C14H14BN3O. The number of nitrogens with zero attached hydrogens (tertiary/aromatic N) is 2. The SMILES string of the molecule is [B]C1(O)c2ccc(C)nc2-c2cccc(N)c2N1C. The van der Waals surface area contributed by atoms with Crippen LogP contribution in [0.5, 0.6) is 0 Å². The van der Waals surface area contributed by atoms with E-state index in [9.17, 15) is 5.11 Å². The summed E-state index contributed by atoms with van der Waals surface area (Å²) in [6.45, 7) is 1.90. The van der Waals surface area contributed by atoms with Gasteiger partial charge in [0.15, 0.2) is 7.85 Å². The van der Waals surface area contributed by atoms with E-state index in [0.717, 1.165) is 11.3 Å². The molecule has 0 saturated heterocycles. The fraction of sp³-hybridized carbons (Fsp3) is 0.214. The molecule has 0 amide bonds. The number of aromatic nitrogens is 1. The molecule has 0 saturated carbocycles. The van der Waals surface area contributed by atoms with Crippen molar-refractivity contribution in [1.29, 1.82) is 0 Å². The van der Waals surface area contributed by atoms with E-state index in [0.29, 0.717) is 22.6 Å². The third-order valence-corrected chi connectivity index (χ3v) is 3.60. The molecule has 2 heterocycles. The summed E-state index contributed by atoms with van der Waals surface area (Å²) >= 11 is 0. The lowest BCUT2D eigenvalue weighted by Crippen LogP contribution is -2.47. The summed E-state index contributed by atoms with van der Waals surface area (Å²) in [6, 6.07) is 9.23. The third-order valence-electron chi connectivity index (χ3n) is 3.60. The fourth-order valence-electron chi connectivity index (χ4n) is 2.54. The number of pyridine rings is 1. The summed E-state index contributed by atoms with van der Waals surface area (Å²) in [5.41, 5.74) is 8.69. The first kappa shape index (κ1) is 12.1. The van der Waals surface area contributed by atoms with Crippen LogP contribution in [0, 0.1) is 6.92 Å². The first-order valence-electron chi connectivity index (χ1n) is 6.05. The minimum Gasteiger partial charge on any atom is -0.397 e. The predicted octanol–water partition coefficient (Wildman–Crippen LogP) is 1.36. The lowest BCUT2D eigenvalue weighted by molar-refractivity contribution is 0.127. The van der Waals surface area contributed by atoms with Crippen LogP contribution in [-0.4, -0.2) is 25.0 Å². The molecule has 0 bridgehead atoms. The first-order valence-corrected chi connectivity index (χ1v) is 6.05. The second kappa shape index (κ2) is 3.74. The highest BCUT2D eigenvalue weighted by atomic mass is 16.3. The van der Waals surface area contributed by atoms with Crippen LogP contribution >= 0.6 is 0 Å². The number of rotatable bonds is 0. The number of hydrogen-bond acceptors (Lipinski definition) is 4. The Balaban J connectivity index is 2.41. The van der Waals surface area contributed by atoms with E-state index in [-0.39, 0.29) is 0 Å². The smallest absolute Gasteiger partial charge is 0.151 e. The highest BCUT2D eigenvalue weighted by Gasteiger charge is 2.38. The predicted molar refractivity (Wildman–Crippen MR) is 76.9 cm³/mol. The molecule has 3 rings (SSSR count). The number of nitrogens with two attached hydrogens (primary N) is 1. The summed E-state index contributed by atoms with van der Waals surface area (Å²) in [7, 11) is 7.77. The molecular weight excluding hydrogens is 237 g/mol. The van der Waals surface area contributed by atoms with Gasteiger partial charge in [-0.1, -0.05) is 18.2 Å². The number of para-hydroxylation sites is 1. The Bertz CT molecular complexity index is 670. The van der Waals surface area contributed by atoms with Crippen molar-refractivity contribution in [3.8, 4) is 11.3 Å². The topological polar surface area (TPSA) is 62.4 Å². The number of hydrogen-bond donors (Lipinski definition) is 2. The molecule has 1 aromatic heterocycles. The van der Waals surface area contributed by atoms with Crippen molar-refractivity contribution in [1.82, 2.24) is 4.98 Å². The highest BCUT2D eigenvalue weighted by Crippen LogP contribution is 2.46. The van der Waals surface area contributed by atoms with Gasteiger partial charge in [0.25, 0.3) is 0 Å². The standard InChI is InChI=1S/C14H14BN3O/c1-8-6-7-10-12(17-8)9-4-3-5-11(16)13(9)18(2)14(10,15)19/h3-7,19H,16H2,1-2H3. The minimum absolute atomic E-state index is 0.567. The minimum atomic E-state index is -1.61. The molecule has 1 aromatic carbocycles. The van der Waals surface area contributed by atoms with Gasteiger partial charge in [-0.3, -0.25) is 4.98 Å². The molecule has 5 heteroatoms. The van der Waals surface area contributed by atoms with Crippen LogP contribution in [0.25, 0.3) is 11.3 Å². The number of anilines is 2. The van der Waals surface area contributed by atoms with Gasteiger partial charge in [0, 0.05) is 23.9 Å². The van der Waals surface area contributed by atoms with E-state index in [2.05, 4.69) is 4.98 Å². The van der Waals surface area contributed by atoms with Gasteiger partial charge >= 0.3 is 0 Å². The lowest BCUT2D eigenvalue weighted by Gasteiger charge is -2.43. The second-order valence-electron chi connectivity index (χ2n) is 4.88. The monoisotopic (exact) mass is 251 g/mol. The van der Waals surface area contributed by atoms with Crippen LogP contribution in [0.1, 0.15) is 11.3 Å². The number of aryl methyl sites for hydroxylation is 1. The Morgan fingerprint density at radius 3 is 2.79 bits per heavy atom. The fourth-order valence-corrected chi connectivity index (χ4v) is 2.54. The molecule has 4 nitrogen and oxygen atoms in total. The third kappa shape index (κ3) is 1.55. The van der Waals surface area contributed by atoms with Gasteiger partial charge in [-0.2, -0.15) is 0 Å². The van der Waals surface area contributed by atoms with Gasteiger partial charge in [0.2, 0.25) is 0 Å². The number of benzene rings is 1. The van der Waals surface area contributed by atoms with Crippen molar-refractivity contribution in [2.45, 2.75) is 12.5 Å². The van der Waals surface area contributed by atoms with E-state index in [1.807, 2.05) is 25.1 Å². The van der Waals surface area contributed by atoms with Crippen molar-refractivity contribution in [3.05, 3.63) is 41.6 Å². The molecule has 1 atom stereocenters. The zero-order valence-corrected chi connectivity index (χ0v) is 10.9. The molecule has 1 aliphatic heterocycles. The summed E-state index contributed by atoms with van der Waals surface area (Å²) in [4.78, 5) is 6.08. The summed E-state index contributed by atoms with van der Waals surface area (Å²) in [5.74, 6) is 0. The maximum atomic E-state index is 10.6. The molecule has 3 N–H and O–H groups in total. The second-order valence-corrected chi connectivity index (χ2v) is 4.88. The average molecular weight is 251 g/mol. The summed E-state index contributed by atoms with van der Waals surface area (Å²) in [5, 5.41) is 10.6. The largest absolute Gasteiger partial charge is 0.397 e.